The molecule has 0 fully saturated rings. The maximum Gasteiger partial charge on any atom is 0.312 e. The molecule has 8 heteroatoms. The summed E-state index contributed by atoms with van der Waals surface area (Å²) in [6, 6.07) is 11.6. The minimum absolute atomic E-state index is 0.0622. The van der Waals surface area contributed by atoms with Crippen LogP contribution in [0.2, 0.25) is 0 Å². The van der Waals surface area contributed by atoms with Gasteiger partial charge in [-0.05, 0) is 52.7 Å². The zero-order valence-corrected chi connectivity index (χ0v) is 17.3. The van der Waals surface area contributed by atoms with Crippen molar-refractivity contribution in [2.24, 2.45) is 0 Å². The van der Waals surface area contributed by atoms with E-state index < -0.39 is 11.9 Å². The van der Waals surface area contributed by atoms with Crippen LogP contribution in [-0.2, 0) is 20.7 Å². The van der Waals surface area contributed by atoms with E-state index in [1.807, 2.05) is 19.1 Å². The maximum atomic E-state index is 13.3. The number of anilines is 1. The first-order valence-corrected chi connectivity index (χ1v) is 10.00. The van der Waals surface area contributed by atoms with Crippen LogP contribution in [0.15, 0.2) is 52.3 Å². The number of nitrogens with zero attached hydrogens (tertiary/aromatic N) is 1. The third kappa shape index (κ3) is 5.46. The predicted molar refractivity (Wildman–Crippen MR) is 110 cm³/mol. The van der Waals surface area contributed by atoms with Crippen molar-refractivity contribution >= 4 is 44.8 Å². The molecule has 3 aromatic rings. The van der Waals surface area contributed by atoms with E-state index in [2.05, 4.69) is 26.2 Å². The number of ether oxygens (including phenoxy) is 1. The van der Waals surface area contributed by atoms with E-state index in [0.29, 0.717) is 22.0 Å². The molecule has 0 bridgehead atoms. The Bertz CT molecular complexity index is 1020. The molecule has 1 amide bonds. The summed E-state index contributed by atoms with van der Waals surface area (Å²) >= 11 is 4.68. The van der Waals surface area contributed by atoms with E-state index in [1.54, 1.807) is 23.6 Å². The summed E-state index contributed by atoms with van der Waals surface area (Å²) in [6.07, 6.45) is -0.0622. The van der Waals surface area contributed by atoms with Crippen LogP contribution in [0.4, 0.5) is 10.1 Å². The highest BCUT2D eigenvalue weighted by atomic mass is 79.9. The van der Waals surface area contributed by atoms with Gasteiger partial charge in [-0.2, -0.15) is 0 Å². The molecule has 0 unspecified atom stereocenters. The van der Waals surface area contributed by atoms with Crippen molar-refractivity contribution in [1.29, 1.82) is 0 Å². The Labute approximate surface area is 173 Å². The minimum Gasteiger partial charge on any atom is -0.455 e. The monoisotopic (exact) mass is 462 g/mol. The number of halogens is 2. The van der Waals surface area contributed by atoms with Gasteiger partial charge < -0.3 is 10.1 Å². The minimum atomic E-state index is -0.561. The molecule has 1 N–H and O–H groups in total. The smallest absolute Gasteiger partial charge is 0.312 e. The molecule has 3 rings (SSSR count). The number of rotatable bonds is 6. The van der Waals surface area contributed by atoms with Crippen molar-refractivity contribution in [1.82, 2.24) is 4.98 Å². The Hall–Kier alpha value is -2.58. The molecule has 0 saturated carbocycles. The van der Waals surface area contributed by atoms with Crippen molar-refractivity contribution in [3.63, 3.8) is 0 Å². The largest absolute Gasteiger partial charge is 0.455 e. The first kappa shape index (κ1) is 20.2. The Morgan fingerprint density at radius 2 is 2.07 bits per heavy atom. The van der Waals surface area contributed by atoms with Crippen LogP contribution < -0.4 is 5.32 Å². The first-order valence-electron chi connectivity index (χ1n) is 8.32. The van der Waals surface area contributed by atoms with Crippen molar-refractivity contribution in [2.75, 3.05) is 11.9 Å². The third-order valence-electron chi connectivity index (χ3n) is 3.71. The molecular formula is C20H16BrFN2O3S. The number of carbonyl (C=O) groups excluding carboxylic acids is 2. The molecule has 5 nitrogen and oxygen atoms in total. The van der Waals surface area contributed by atoms with Crippen LogP contribution in [0.3, 0.4) is 0 Å². The molecule has 0 saturated heterocycles. The molecule has 144 valence electrons. The molecule has 0 radical (unpaired) electrons. The summed E-state index contributed by atoms with van der Waals surface area (Å²) in [4.78, 5) is 28.3. The molecule has 0 atom stereocenters. The zero-order chi connectivity index (χ0) is 20.1. The number of benzene rings is 2. The lowest BCUT2D eigenvalue weighted by Gasteiger charge is -2.08. The first-order chi connectivity index (χ1) is 13.4. The van der Waals surface area contributed by atoms with Crippen LogP contribution >= 0.6 is 27.3 Å². The number of thiazole rings is 1. The fourth-order valence-corrected chi connectivity index (χ4v) is 3.80. The van der Waals surface area contributed by atoms with Crippen LogP contribution in [0.5, 0.6) is 0 Å². The Kier molecular flexibility index (Phi) is 6.53. The number of nitrogens with one attached hydrogen (secondary N) is 1. The highest BCUT2D eigenvalue weighted by molar-refractivity contribution is 9.10. The van der Waals surface area contributed by atoms with Crippen LogP contribution in [-0.4, -0.2) is 23.5 Å². The van der Waals surface area contributed by atoms with Gasteiger partial charge in [-0.25, -0.2) is 9.37 Å². The lowest BCUT2D eigenvalue weighted by Crippen LogP contribution is -2.21. The predicted octanol–water partition coefficient (Wildman–Crippen LogP) is 4.74. The van der Waals surface area contributed by atoms with Gasteiger partial charge in [-0.3, -0.25) is 9.59 Å². The second kappa shape index (κ2) is 9.07. The van der Waals surface area contributed by atoms with Gasteiger partial charge in [0.05, 0.1) is 17.8 Å². The van der Waals surface area contributed by atoms with Crippen molar-refractivity contribution in [3.8, 4) is 10.6 Å². The highest BCUT2D eigenvalue weighted by Crippen LogP contribution is 2.25. The summed E-state index contributed by atoms with van der Waals surface area (Å²) in [5.41, 5.74) is 2.81. The number of esters is 1. The van der Waals surface area contributed by atoms with Crippen molar-refractivity contribution < 1.29 is 18.7 Å². The van der Waals surface area contributed by atoms with E-state index in [1.165, 1.54) is 23.5 Å². The third-order valence-corrected chi connectivity index (χ3v) is 5.31. The topological polar surface area (TPSA) is 68.3 Å². The van der Waals surface area contributed by atoms with E-state index in [-0.39, 0.29) is 18.8 Å². The standard InChI is InChI=1S/C20H16BrFN2O3S/c1-12-5-6-17(16(21)7-12)24-18(25)10-27-19(26)9-15-11-28-20(23-15)13-3-2-4-14(22)8-13/h2-8,11H,9-10H2,1H3,(H,24,25). The summed E-state index contributed by atoms with van der Waals surface area (Å²) in [6.45, 7) is 1.55. The zero-order valence-electron chi connectivity index (χ0n) is 14.9. The van der Waals surface area contributed by atoms with Gasteiger partial charge >= 0.3 is 5.97 Å². The number of aromatic nitrogens is 1. The second-order valence-electron chi connectivity index (χ2n) is 6.02. The molecule has 28 heavy (non-hydrogen) atoms. The normalized spacial score (nSPS) is 10.5. The van der Waals surface area contributed by atoms with Crippen LogP contribution in [0.1, 0.15) is 11.3 Å². The van der Waals surface area contributed by atoms with E-state index in [0.717, 1.165) is 10.0 Å². The summed E-state index contributed by atoms with van der Waals surface area (Å²) in [5.74, 6) is -1.34. The van der Waals surface area contributed by atoms with Crippen LogP contribution in [0.25, 0.3) is 10.6 Å². The average molecular weight is 463 g/mol. The molecular weight excluding hydrogens is 447 g/mol. The number of amides is 1. The average Bonchev–Trinajstić information content (AvgIpc) is 3.11. The molecule has 0 spiro atoms. The highest BCUT2D eigenvalue weighted by Gasteiger charge is 2.13. The van der Waals surface area contributed by atoms with Gasteiger partial charge in [0.1, 0.15) is 10.8 Å². The quantitative estimate of drug-likeness (QED) is 0.536. The summed E-state index contributed by atoms with van der Waals surface area (Å²) < 4.78 is 19.1. The van der Waals surface area contributed by atoms with E-state index in [4.69, 9.17) is 4.74 Å². The number of hydrogen-bond acceptors (Lipinski definition) is 5. The lowest BCUT2D eigenvalue weighted by molar-refractivity contribution is -0.146. The summed E-state index contributed by atoms with van der Waals surface area (Å²) in [7, 11) is 0. The second-order valence-corrected chi connectivity index (χ2v) is 7.74. The fraction of sp³-hybridized carbons (Fsp3) is 0.150. The number of aryl methyl sites for hydroxylation is 1. The fourth-order valence-electron chi connectivity index (χ4n) is 2.40. The molecule has 0 aliphatic carbocycles. The van der Waals surface area contributed by atoms with Gasteiger partial charge in [-0.15, -0.1) is 11.3 Å². The van der Waals surface area contributed by atoms with Gasteiger partial charge in [0.2, 0.25) is 0 Å². The van der Waals surface area contributed by atoms with Crippen molar-refractivity contribution in [2.45, 2.75) is 13.3 Å². The molecule has 1 aromatic heterocycles. The Morgan fingerprint density at radius 1 is 1.25 bits per heavy atom. The van der Waals surface area contributed by atoms with Crippen molar-refractivity contribution in [3.05, 3.63) is 69.4 Å². The molecule has 1 heterocycles. The molecule has 0 aliphatic heterocycles. The maximum absolute atomic E-state index is 13.3. The molecule has 0 aliphatic rings. The molecule has 2 aromatic carbocycles. The van der Waals surface area contributed by atoms with Gasteiger partial charge in [0.15, 0.2) is 6.61 Å². The van der Waals surface area contributed by atoms with E-state index >= 15 is 0 Å². The van der Waals surface area contributed by atoms with E-state index in [9.17, 15) is 14.0 Å². The van der Waals surface area contributed by atoms with Gasteiger partial charge in [0.25, 0.3) is 5.91 Å². The lowest BCUT2D eigenvalue weighted by atomic mass is 10.2. The number of carbonyl (C=O) groups is 2. The Balaban J connectivity index is 1.51. The van der Waals surface area contributed by atoms with Crippen LogP contribution in [0, 0.1) is 12.7 Å². The van der Waals surface area contributed by atoms with Gasteiger partial charge in [0, 0.05) is 15.4 Å². The number of hydrogen-bond donors (Lipinski definition) is 1. The SMILES string of the molecule is Cc1ccc(NC(=O)COC(=O)Cc2csc(-c3cccc(F)c3)n2)c(Br)c1. The van der Waals surface area contributed by atoms with Gasteiger partial charge in [-0.1, -0.05) is 18.2 Å². The summed E-state index contributed by atoms with van der Waals surface area (Å²) in [5, 5.41) is 5.00. The Morgan fingerprint density at radius 3 is 2.82 bits per heavy atom.